The SMILES string of the molecule is CN(C)c1ccc(NC(=O)c2ccnc(NC(C)(C)C)n2)cc1. The van der Waals surface area contributed by atoms with Gasteiger partial charge in [-0.15, -0.1) is 0 Å². The molecule has 2 N–H and O–H groups in total. The summed E-state index contributed by atoms with van der Waals surface area (Å²) < 4.78 is 0. The standard InChI is InChI=1S/C17H23N5O/c1-17(2,3)21-16-18-11-10-14(20-16)15(23)19-12-6-8-13(9-7-12)22(4)5/h6-11H,1-5H3,(H,19,23)(H,18,20,21). The van der Waals surface area contributed by atoms with Crippen molar-refractivity contribution in [2.75, 3.05) is 29.6 Å². The first-order valence-corrected chi connectivity index (χ1v) is 7.44. The van der Waals surface area contributed by atoms with Gasteiger partial charge in [0.05, 0.1) is 0 Å². The Labute approximate surface area is 137 Å². The van der Waals surface area contributed by atoms with E-state index in [0.717, 1.165) is 11.4 Å². The number of nitrogens with zero attached hydrogens (tertiary/aromatic N) is 3. The second-order valence-electron chi connectivity index (χ2n) is 6.54. The zero-order valence-electron chi connectivity index (χ0n) is 14.2. The van der Waals surface area contributed by atoms with Crippen molar-refractivity contribution in [3.8, 4) is 0 Å². The van der Waals surface area contributed by atoms with Gasteiger partial charge in [-0.3, -0.25) is 4.79 Å². The summed E-state index contributed by atoms with van der Waals surface area (Å²) in [6.07, 6.45) is 1.57. The monoisotopic (exact) mass is 313 g/mol. The van der Waals surface area contributed by atoms with Gasteiger partial charge in [0.1, 0.15) is 5.69 Å². The number of carbonyl (C=O) groups is 1. The minimum atomic E-state index is -0.262. The number of amides is 1. The lowest BCUT2D eigenvalue weighted by Gasteiger charge is -2.20. The zero-order chi connectivity index (χ0) is 17.0. The third-order valence-corrected chi connectivity index (χ3v) is 3.02. The highest BCUT2D eigenvalue weighted by Gasteiger charge is 2.14. The van der Waals surface area contributed by atoms with E-state index in [9.17, 15) is 4.79 Å². The van der Waals surface area contributed by atoms with Crippen LogP contribution in [0, 0.1) is 0 Å². The van der Waals surface area contributed by atoms with E-state index >= 15 is 0 Å². The lowest BCUT2D eigenvalue weighted by atomic mass is 10.1. The summed E-state index contributed by atoms with van der Waals surface area (Å²) in [7, 11) is 3.94. The quantitative estimate of drug-likeness (QED) is 0.908. The number of benzene rings is 1. The van der Waals surface area contributed by atoms with Crippen LogP contribution in [0.2, 0.25) is 0 Å². The van der Waals surface area contributed by atoms with E-state index in [2.05, 4.69) is 20.6 Å². The van der Waals surface area contributed by atoms with Crippen molar-refractivity contribution in [2.24, 2.45) is 0 Å². The summed E-state index contributed by atoms with van der Waals surface area (Å²) in [4.78, 5) is 22.7. The van der Waals surface area contributed by atoms with Gasteiger partial charge >= 0.3 is 0 Å². The van der Waals surface area contributed by atoms with Crippen molar-refractivity contribution in [1.82, 2.24) is 9.97 Å². The molecule has 1 amide bonds. The Kier molecular flexibility index (Phi) is 4.83. The smallest absolute Gasteiger partial charge is 0.274 e. The highest BCUT2D eigenvalue weighted by atomic mass is 16.1. The lowest BCUT2D eigenvalue weighted by Crippen LogP contribution is -2.28. The van der Waals surface area contributed by atoms with Crippen molar-refractivity contribution in [1.29, 1.82) is 0 Å². The van der Waals surface area contributed by atoms with Crippen LogP contribution in [0.15, 0.2) is 36.5 Å². The van der Waals surface area contributed by atoms with Gasteiger partial charge in [0.2, 0.25) is 5.95 Å². The second kappa shape index (κ2) is 6.64. The fourth-order valence-corrected chi connectivity index (χ4v) is 1.92. The molecule has 0 bridgehead atoms. The molecule has 2 rings (SSSR count). The molecule has 0 unspecified atom stereocenters. The van der Waals surface area contributed by atoms with Gasteiger partial charge in [-0.25, -0.2) is 9.97 Å². The Morgan fingerprint density at radius 3 is 2.30 bits per heavy atom. The average molecular weight is 313 g/mol. The molecule has 0 saturated carbocycles. The molecular weight excluding hydrogens is 290 g/mol. The maximum absolute atomic E-state index is 12.3. The van der Waals surface area contributed by atoms with Gasteiger partial charge in [0.15, 0.2) is 0 Å². The Hall–Kier alpha value is -2.63. The van der Waals surface area contributed by atoms with E-state index in [4.69, 9.17) is 0 Å². The number of aromatic nitrogens is 2. The van der Waals surface area contributed by atoms with Crippen LogP contribution in [0.5, 0.6) is 0 Å². The molecule has 0 atom stereocenters. The number of hydrogen-bond donors (Lipinski definition) is 2. The minimum Gasteiger partial charge on any atom is -0.378 e. The van der Waals surface area contributed by atoms with Crippen molar-refractivity contribution in [3.05, 3.63) is 42.2 Å². The van der Waals surface area contributed by atoms with Crippen LogP contribution in [0.25, 0.3) is 0 Å². The molecule has 1 heterocycles. The van der Waals surface area contributed by atoms with Crippen molar-refractivity contribution in [2.45, 2.75) is 26.3 Å². The molecular formula is C17H23N5O. The molecule has 0 aliphatic heterocycles. The number of nitrogens with one attached hydrogen (secondary N) is 2. The summed E-state index contributed by atoms with van der Waals surface area (Å²) >= 11 is 0. The summed E-state index contributed by atoms with van der Waals surface area (Å²) in [6, 6.07) is 9.22. The fraction of sp³-hybridized carbons (Fsp3) is 0.353. The van der Waals surface area contributed by atoms with Crippen LogP contribution in [0.3, 0.4) is 0 Å². The predicted octanol–water partition coefficient (Wildman–Crippen LogP) is 3.01. The minimum absolute atomic E-state index is 0.170. The summed E-state index contributed by atoms with van der Waals surface area (Å²) in [5, 5.41) is 5.99. The molecule has 1 aromatic heterocycles. The average Bonchev–Trinajstić information content (AvgIpc) is 2.46. The molecule has 0 fully saturated rings. The Morgan fingerprint density at radius 2 is 1.74 bits per heavy atom. The molecule has 1 aromatic carbocycles. The van der Waals surface area contributed by atoms with Crippen molar-refractivity contribution >= 4 is 23.2 Å². The fourth-order valence-electron chi connectivity index (χ4n) is 1.92. The number of carbonyl (C=O) groups excluding carboxylic acids is 1. The van der Waals surface area contributed by atoms with Crippen LogP contribution in [0.4, 0.5) is 17.3 Å². The van der Waals surface area contributed by atoms with Crippen LogP contribution in [0.1, 0.15) is 31.3 Å². The molecule has 2 aromatic rings. The number of anilines is 3. The lowest BCUT2D eigenvalue weighted by molar-refractivity contribution is 0.102. The third kappa shape index (κ3) is 4.95. The normalized spacial score (nSPS) is 11.0. The maximum atomic E-state index is 12.3. The molecule has 0 saturated heterocycles. The van der Waals surface area contributed by atoms with Gasteiger partial charge in [0.25, 0.3) is 5.91 Å². The highest BCUT2D eigenvalue weighted by Crippen LogP contribution is 2.16. The molecule has 0 spiro atoms. The van der Waals surface area contributed by atoms with Crippen LogP contribution in [-0.2, 0) is 0 Å². The second-order valence-corrected chi connectivity index (χ2v) is 6.54. The summed E-state index contributed by atoms with van der Waals surface area (Å²) in [5.41, 5.74) is 1.95. The largest absolute Gasteiger partial charge is 0.378 e. The van der Waals surface area contributed by atoms with Gasteiger partial charge < -0.3 is 15.5 Å². The first-order valence-electron chi connectivity index (χ1n) is 7.44. The molecule has 122 valence electrons. The predicted molar refractivity (Wildman–Crippen MR) is 94.1 cm³/mol. The van der Waals surface area contributed by atoms with E-state index in [-0.39, 0.29) is 11.4 Å². The van der Waals surface area contributed by atoms with E-state index in [1.54, 1.807) is 12.3 Å². The molecule has 0 radical (unpaired) electrons. The zero-order valence-corrected chi connectivity index (χ0v) is 14.2. The number of rotatable bonds is 4. The van der Waals surface area contributed by atoms with Crippen LogP contribution >= 0.6 is 0 Å². The van der Waals surface area contributed by atoms with E-state index < -0.39 is 0 Å². The van der Waals surface area contributed by atoms with E-state index in [1.807, 2.05) is 64.0 Å². The first-order chi connectivity index (χ1) is 10.7. The topological polar surface area (TPSA) is 70.2 Å². The van der Waals surface area contributed by atoms with Crippen LogP contribution in [-0.4, -0.2) is 35.5 Å². The molecule has 0 aliphatic carbocycles. The summed E-state index contributed by atoms with van der Waals surface area (Å²) in [6.45, 7) is 6.03. The van der Waals surface area contributed by atoms with E-state index in [1.165, 1.54) is 0 Å². The molecule has 6 nitrogen and oxygen atoms in total. The first kappa shape index (κ1) is 16.7. The molecule has 23 heavy (non-hydrogen) atoms. The van der Waals surface area contributed by atoms with Crippen molar-refractivity contribution < 1.29 is 4.79 Å². The van der Waals surface area contributed by atoms with Gasteiger partial charge in [-0.05, 0) is 51.1 Å². The third-order valence-electron chi connectivity index (χ3n) is 3.02. The molecule has 0 aliphatic rings. The van der Waals surface area contributed by atoms with E-state index in [0.29, 0.717) is 11.6 Å². The Balaban J connectivity index is 2.10. The Morgan fingerprint density at radius 1 is 1.09 bits per heavy atom. The van der Waals surface area contributed by atoms with Gasteiger partial charge in [-0.2, -0.15) is 0 Å². The summed E-state index contributed by atoms with van der Waals surface area (Å²) in [5.74, 6) is 0.176. The number of hydrogen-bond acceptors (Lipinski definition) is 5. The highest BCUT2D eigenvalue weighted by molar-refractivity contribution is 6.03. The van der Waals surface area contributed by atoms with Crippen LogP contribution < -0.4 is 15.5 Å². The van der Waals surface area contributed by atoms with Crippen molar-refractivity contribution in [3.63, 3.8) is 0 Å². The van der Waals surface area contributed by atoms with Gasteiger partial charge in [-0.1, -0.05) is 0 Å². The van der Waals surface area contributed by atoms with Gasteiger partial charge in [0, 0.05) is 37.2 Å². The maximum Gasteiger partial charge on any atom is 0.274 e. The molecule has 6 heteroatoms. The Bertz CT molecular complexity index is 674.